The van der Waals surface area contributed by atoms with Gasteiger partial charge in [-0.05, 0) is 11.6 Å². The van der Waals surface area contributed by atoms with Crippen molar-refractivity contribution in [3.8, 4) is 10.6 Å². The van der Waals surface area contributed by atoms with Gasteiger partial charge in [-0.25, -0.2) is 0 Å². The standard InChI is InChI=1S/2C12H9NP.2ClH.Ti/c2*1-2-4-11-8-12(7-10(11)3-1)14-6-5-13-9-14;;;/h2*1-9H;2*1H;/q2*-1;;;+4/p-2. The molecule has 0 saturated heterocycles. The van der Waals surface area contributed by atoms with Crippen molar-refractivity contribution < 1.29 is 46.5 Å². The number of aromatic nitrogens is 2. The molecule has 152 valence electrons. The van der Waals surface area contributed by atoms with Crippen LogP contribution in [0.3, 0.4) is 0 Å². The summed E-state index contributed by atoms with van der Waals surface area (Å²) in [5.74, 6) is 8.46. The van der Waals surface area contributed by atoms with E-state index in [0.29, 0.717) is 0 Å². The molecule has 7 heteroatoms. The summed E-state index contributed by atoms with van der Waals surface area (Å²) >= 11 is 0. The molecule has 2 aromatic heterocycles. The Morgan fingerprint density at radius 3 is 1.39 bits per heavy atom. The molecule has 2 unspecified atom stereocenters. The first-order chi connectivity index (χ1) is 13.9. The van der Waals surface area contributed by atoms with Gasteiger partial charge in [-0.3, -0.25) is 9.97 Å². The summed E-state index contributed by atoms with van der Waals surface area (Å²) in [4.78, 5) is 8.27. The molecule has 2 heterocycles. The number of halogens is 2. The van der Waals surface area contributed by atoms with Crippen molar-refractivity contribution in [2.24, 2.45) is 0 Å². The molecule has 6 aromatic rings. The summed E-state index contributed by atoms with van der Waals surface area (Å²) < 4.78 is 0. The maximum absolute atomic E-state index is 4.13. The van der Waals surface area contributed by atoms with Gasteiger partial charge >= 0.3 is 21.7 Å². The average molecular weight is 515 g/mol. The summed E-state index contributed by atoms with van der Waals surface area (Å²) in [5.41, 5.74) is 0. The normalized spacial score (nSPS) is 11.0. The van der Waals surface area contributed by atoms with Crippen LogP contribution in [0.4, 0.5) is 0 Å². The van der Waals surface area contributed by atoms with Crippen LogP contribution in [0.15, 0.2) is 109 Å². The van der Waals surface area contributed by atoms with Crippen molar-refractivity contribution in [3.63, 3.8) is 0 Å². The van der Waals surface area contributed by atoms with Gasteiger partial charge in [-0.15, -0.1) is 70.1 Å². The molecule has 4 aromatic carbocycles. The minimum Gasteiger partial charge on any atom is -1.00 e. The van der Waals surface area contributed by atoms with Gasteiger partial charge < -0.3 is 24.8 Å². The van der Waals surface area contributed by atoms with Crippen LogP contribution in [0, 0.1) is 0 Å². The summed E-state index contributed by atoms with van der Waals surface area (Å²) in [7, 11) is -0.519. The van der Waals surface area contributed by atoms with E-state index in [-0.39, 0.29) is 61.6 Å². The first-order valence-corrected chi connectivity index (χ1v) is 12.1. The third kappa shape index (κ3) is 5.79. The van der Waals surface area contributed by atoms with E-state index in [2.05, 4.69) is 94.4 Å². The largest absolute Gasteiger partial charge is 4.00 e. The van der Waals surface area contributed by atoms with Crippen molar-refractivity contribution in [2.45, 2.75) is 0 Å². The third-order valence-corrected chi connectivity index (χ3v) is 8.19. The summed E-state index contributed by atoms with van der Waals surface area (Å²) in [6.07, 6.45) is 3.78. The molecule has 0 saturated carbocycles. The van der Waals surface area contributed by atoms with Crippen molar-refractivity contribution in [2.75, 3.05) is 0 Å². The molecular weight excluding hydrogens is 497 g/mol. The molecule has 0 aliphatic carbocycles. The maximum atomic E-state index is 4.13. The van der Waals surface area contributed by atoms with E-state index in [1.165, 1.54) is 32.2 Å². The van der Waals surface area contributed by atoms with Crippen LogP contribution in [-0.2, 0) is 21.7 Å². The van der Waals surface area contributed by atoms with Crippen LogP contribution in [0.2, 0.25) is 0 Å². The molecule has 0 radical (unpaired) electrons. The Bertz CT molecular complexity index is 1150. The predicted octanol–water partition coefficient (Wildman–Crippen LogP) is 1.86. The second kappa shape index (κ2) is 11.8. The van der Waals surface area contributed by atoms with Crippen molar-refractivity contribution in [1.82, 2.24) is 9.97 Å². The number of hydrogen-bond donors (Lipinski definition) is 0. The minimum absolute atomic E-state index is 0. The number of fused-ring (bicyclic) bond motifs is 2. The molecule has 2 nitrogen and oxygen atoms in total. The van der Waals surface area contributed by atoms with Crippen LogP contribution < -0.4 is 24.8 Å². The fourth-order valence-electron chi connectivity index (χ4n) is 3.39. The number of rotatable bonds is 2. The van der Waals surface area contributed by atoms with Crippen LogP contribution in [0.1, 0.15) is 0 Å². The number of nitrogens with zero attached hydrogens (tertiary/aromatic N) is 2. The van der Waals surface area contributed by atoms with Gasteiger partial charge in [0.2, 0.25) is 0 Å². The van der Waals surface area contributed by atoms with E-state index in [1.807, 2.05) is 24.3 Å². The molecule has 0 bridgehead atoms. The molecule has 0 amide bonds. The van der Waals surface area contributed by atoms with Crippen LogP contribution in [0.25, 0.3) is 32.2 Å². The quantitative estimate of drug-likeness (QED) is 0.260. The number of benzene rings is 2. The first kappa shape index (κ1) is 25.6. The monoisotopic (exact) mass is 514 g/mol. The van der Waals surface area contributed by atoms with Gasteiger partial charge in [0, 0.05) is 24.3 Å². The second-order valence-electron chi connectivity index (χ2n) is 6.62. The molecule has 0 spiro atoms. The Balaban J connectivity index is 0.000000201. The van der Waals surface area contributed by atoms with Gasteiger partial charge in [0.25, 0.3) is 0 Å². The summed E-state index contributed by atoms with van der Waals surface area (Å²) in [6.45, 7) is 0. The van der Waals surface area contributed by atoms with Gasteiger partial charge in [-0.2, -0.15) is 12.1 Å². The van der Waals surface area contributed by atoms with Crippen LogP contribution >= 0.6 is 15.1 Å². The van der Waals surface area contributed by atoms with Crippen LogP contribution in [0.5, 0.6) is 0 Å². The minimum atomic E-state index is -0.259. The summed E-state index contributed by atoms with van der Waals surface area (Å²) in [6, 6.07) is 26.0. The SMILES string of the molecule is [Cl-].[Cl-].[Ti+4].c1ccc2[cH-]c(-p3ccnc3)cc2c1.c1ccc2[cH-]c(-p3ccnc3)cc2c1. The van der Waals surface area contributed by atoms with Crippen molar-refractivity contribution >= 4 is 36.6 Å². The topological polar surface area (TPSA) is 25.8 Å². The smallest absolute Gasteiger partial charge is 1.00 e. The van der Waals surface area contributed by atoms with Gasteiger partial charge in [-0.1, -0.05) is 37.8 Å². The summed E-state index contributed by atoms with van der Waals surface area (Å²) in [5, 5.41) is 8.13. The fraction of sp³-hybridized carbons (Fsp3) is 0. The zero-order valence-electron chi connectivity index (χ0n) is 16.4. The van der Waals surface area contributed by atoms with Crippen molar-refractivity contribution in [1.29, 1.82) is 0 Å². The van der Waals surface area contributed by atoms with E-state index in [0.717, 1.165) is 0 Å². The Labute approximate surface area is 211 Å². The number of hydrogen-bond acceptors (Lipinski definition) is 2. The molecule has 6 rings (SSSR count). The van der Waals surface area contributed by atoms with Gasteiger partial charge in [0.1, 0.15) is 0 Å². The van der Waals surface area contributed by atoms with Gasteiger partial charge in [0.15, 0.2) is 0 Å². The van der Waals surface area contributed by atoms with E-state index in [4.69, 9.17) is 0 Å². The Morgan fingerprint density at radius 2 is 1.03 bits per heavy atom. The fourth-order valence-corrected chi connectivity index (χ4v) is 6.19. The third-order valence-electron chi connectivity index (χ3n) is 4.81. The molecular formula is C24H18Cl2N2P2Ti. The molecule has 31 heavy (non-hydrogen) atoms. The van der Waals surface area contributed by atoms with E-state index >= 15 is 0 Å². The zero-order chi connectivity index (χ0) is 18.8. The van der Waals surface area contributed by atoms with Crippen LogP contribution in [-0.4, -0.2) is 9.97 Å². The Hall–Kier alpha value is -1.63. The molecule has 0 fully saturated rings. The predicted molar refractivity (Wildman–Crippen MR) is 123 cm³/mol. The molecule has 2 atom stereocenters. The van der Waals surface area contributed by atoms with E-state index in [9.17, 15) is 0 Å². The molecule has 0 aliphatic heterocycles. The van der Waals surface area contributed by atoms with E-state index < -0.39 is 0 Å². The Kier molecular flexibility index (Phi) is 9.79. The Morgan fingerprint density at radius 1 is 0.613 bits per heavy atom. The first-order valence-electron chi connectivity index (χ1n) is 9.14. The molecule has 0 N–H and O–H groups in total. The second-order valence-corrected chi connectivity index (χ2v) is 10.3. The maximum Gasteiger partial charge on any atom is 4.00 e. The van der Waals surface area contributed by atoms with Crippen molar-refractivity contribution in [3.05, 3.63) is 109 Å². The average Bonchev–Trinajstić information content (AvgIpc) is 3.54. The van der Waals surface area contributed by atoms with Gasteiger partial charge in [0.05, 0.1) is 0 Å². The zero-order valence-corrected chi connectivity index (χ0v) is 21.3. The van der Waals surface area contributed by atoms with E-state index in [1.54, 1.807) is 0 Å². The molecule has 0 aliphatic rings.